The predicted molar refractivity (Wildman–Crippen MR) is 44.2 cm³/mol. The topological polar surface area (TPSA) is 29.4 Å². The van der Waals surface area contributed by atoms with Gasteiger partial charge in [-0.3, -0.25) is 0 Å². The van der Waals surface area contributed by atoms with Gasteiger partial charge in [-0.1, -0.05) is 26.7 Å². The molecule has 0 aromatic carbocycles. The van der Waals surface area contributed by atoms with E-state index in [4.69, 9.17) is 0 Å². The van der Waals surface area contributed by atoms with Gasteiger partial charge in [-0.15, -0.1) is 0 Å². The lowest BCUT2D eigenvalue weighted by atomic mass is 9.92. The van der Waals surface area contributed by atoms with Crippen molar-refractivity contribution in [2.75, 3.05) is 0 Å². The zero-order chi connectivity index (χ0) is 8.32. The molecular weight excluding hydrogens is 138 g/mol. The lowest BCUT2D eigenvalue weighted by Crippen LogP contribution is -2.18. The molecule has 0 heterocycles. The van der Waals surface area contributed by atoms with Gasteiger partial charge in [0, 0.05) is 0 Å². The molecule has 0 radical (unpaired) electrons. The largest absolute Gasteiger partial charge is 0.235 e. The van der Waals surface area contributed by atoms with Crippen molar-refractivity contribution in [3.63, 3.8) is 0 Å². The fourth-order valence-corrected chi connectivity index (χ4v) is 1.88. The van der Waals surface area contributed by atoms with E-state index in [1.54, 1.807) is 6.08 Å². The van der Waals surface area contributed by atoms with Crippen LogP contribution in [0.5, 0.6) is 0 Å². The van der Waals surface area contributed by atoms with Gasteiger partial charge in [-0.2, -0.15) is 4.99 Å². The second-order valence-corrected chi connectivity index (χ2v) is 3.32. The first kappa shape index (κ1) is 8.48. The summed E-state index contributed by atoms with van der Waals surface area (Å²) in [6, 6.07) is 0. The van der Waals surface area contributed by atoms with Crippen LogP contribution in [0, 0.1) is 5.92 Å². The summed E-state index contributed by atoms with van der Waals surface area (Å²) in [6.45, 7) is 4.32. The van der Waals surface area contributed by atoms with E-state index in [0.29, 0.717) is 5.92 Å². The van der Waals surface area contributed by atoms with E-state index in [0.717, 1.165) is 25.7 Å². The Kier molecular flexibility index (Phi) is 2.45. The summed E-state index contributed by atoms with van der Waals surface area (Å²) in [7, 11) is 0. The molecule has 0 atom stereocenters. The van der Waals surface area contributed by atoms with Crippen LogP contribution in [0.15, 0.2) is 4.99 Å². The summed E-state index contributed by atoms with van der Waals surface area (Å²) in [4.78, 5) is 14.0. The number of aliphatic imine (C=N–C) groups is 1. The molecule has 0 N–H and O–H groups in total. The normalized spacial score (nSPS) is 19.5. The molecule has 1 aliphatic rings. The van der Waals surface area contributed by atoms with E-state index in [2.05, 4.69) is 18.8 Å². The highest BCUT2D eigenvalue weighted by molar-refractivity contribution is 5.36. The summed E-state index contributed by atoms with van der Waals surface area (Å²) in [5.41, 5.74) is 0.0191. The van der Waals surface area contributed by atoms with Crippen molar-refractivity contribution in [2.24, 2.45) is 10.9 Å². The summed E-state index contributed by atoms with van der Waals surface area (Å²) in [6.07, 6.45) is 6.13. The molecule has 62 valence electrons. The monoisotopic (exact) mass is 153 g/mol. The number of carbonyl (C=O) groups excluding carboxylic acids is 1. The zero-order valence-corrected chi connectivity index (χ0v) is 7.26. The van der Waals surface area contributed by atoms with Gasteiger partial charge in [0.05, 0.1) is 5.54 Å². The lowest BCUT2D eigenvalue weighted by Gasteiger charge is -2.18. The second-order valence-electron chi connectivity index (χ2n) is 3.32. The van der Waals surface area contributed by atoms with Crippen LogP contribution in [0.3, 0.4) is 0 Å². The zero-order valence-electron chi connectivity index (χ0n) is 7.26. The van der Waals surface area contributed by atoms with Crippen LogP contribution in [0.25, 0.3) is 0 Å². The van der Waals surface area contributed by atoms with Crippen molar-refractivity contribution < 1.29 is 4.79 Å². The molecule has 1 aliphatic carbocycles. The van der Waals surface area contributed by atoms with E-state index < -0.39 is 0 Å². The molecule has 1 fully saturated rings. The smallest absolute Gasteiger partial charge is 0.211 e. The van der Waals surface area contributed by atoms with E-state index in [-0.39, 0.29) is 5.54 Å². The molecule has 2 nitrogen and oxygen atoms in total. The number of hydrogen-bond acceptors (Lipinski definition) is 2. The molecule has 2 heteroatoms. The van der Waals surface area contributed by atoms with Gasteiger partial charge in [0.25, 0.3) is 0 Å². The van der Waals surface area contributed by atoms with Crippen LogP contribution < -0.4 is 0 Å². The van der Waals surface area contributed by atoms with E-state index in [1.807, 2.05) is 0 Å². The lowest BCUT2D eigenvalue weighted by molar-refractivity contribution is 0.379. The Balaban J connectivity index is 2.62. The first-order valence-electron chi connectivity index (χ1n) is 4.38. The molecule has 0 unspecified atom stereocenters. The minimum atomic E-state index is 0.0191. The summed E-state index contributed by atoms with van der Waals surface area (Å²) in [5, 5.41) is 0. The molecule has 0 amide bonds. The van der Waals surface area contributed by atoms with Gasteiger partial charge < -0.3 is 0 Å². The quantitative estimate of drug-likeness (QED) is 0.450. The Morgan fingerprint density at radius 2 is 2.00 bits per heavy atom. The minimum Gasteiger partial charge on any atom is -0.211 e. The van der Waals surface area contributed by atoms with Gasteiger partial charge >= 0.3 is 0 Å². The summed E-state index contributed by atoms with van der Waals surface area (Å²) >= 11 is 0. The highest BCUT2D eigenvalue weighted by atomic mass is 16.1. The summed E-state index contributed by atoms with van der Waals surface area (Å²) in [5.74, 6) is 0.601. The molecule has 0 aromatic rings. The van der Waals surface area contributed by atoms with Crippen LogP contribution in [0.1, 0.15) is 39.5 Å². The van der Waals surface area contributed by atoms with Crippen LogP contribution >= 0.6 is 0 Å². The van der Waals surface area contributed by atoms with E-state index >= 15 is 0 Å². The molecule has 0 aliphatic heterocycles. The number of hydrogen-bond donors (Lipinski definition) is 0. The first-order valence-corrected chi connectivity index (χ1v) is 4.38. The SMILES string of the molecule is CCC(CC)C1(N=C=O)CC1. The Morgan fingerprint density at radius 3 is 2.27 bits per heavy atom. The Labute approximate surface area is 67.7 Å². The van der Waals surface area contributed by atoms with Crippen molar-refractivity contribution in [3.05, 3.63) is 0 Å². The molecule has 0 aromatic heterocycles. The van der Waals surface area contributed by atoms with Gasteiger partial charge in [0.15, 0.2) is 0 Å². The van der Waals surface area contributed by atoms with Crippen molar-refractivity contribution in [3.8, 4) is 0 Å². The highest BCUT2D eigenvalue weighted by Crippen LogP contribution is 2.48. The number of rotatable bonds is 4. The Morgan fingerprint density at radius 1 is 1.45 bits per heavy atom. The fourth-order valence-electron chi connectivity index (χ4n) is 1.88. The predicted octanol–water partition coefficient (Wildman–Crippen LogP) is 2.29. The average Bonchev–Trinajstić information content (AvgIpc) is 2.73. The third-order valence-electron chi connectivity index (χ3n) is 2.78. The molecule has 0 spiro atoms. The van der Waals surface area contributed by atoms with Crippen molar-refractivity contribution in [1.82, 2.24) is 0 Å². The Hall–Kier alpha value is -0.620. The van der Waals surface area contributed by atoms with Crippen LogP contribution in [0.4, 0.5) is 0 Å². The molecule has 11 heavy (non-hydrogen) atoms. The molecular formula is C9H15NO. The van der Waals surface area contributed by atoms with Crippen molar-refractivity contribution >= 4 is 6.08 Å². The van der Waals surface area contributed by atoms with Crippen molar-refractivity contribution in [2.45, 2.75) is 45.1 Å². The van der Waals surface area contributed by atoms with Crippen LogP contribution in [0.2, 0.25) is 0 Å². The molecule has 1 rings (SSSR count). The highest BCUT2D eigenvalue weighted by Gasteiger charge is 2.48. The number of isocyanates is 1. The summed E-state index contributed by atoms with van der Waals surface area (Å²) < 4.78 is 0. The molecule has 1 saturated carbocycles. The number of nitrogens with zero attached hydrogens (tertiary/aromatic N) is 1. The second kappa shape index (κ2) is 3.19. The van der Waals surface area contributed by atoms with Gasteiger partial charge in [0.2, 0.25) is 6.08 Å². The fraction of sp³-hybridized carbons (Fsp3) is 0.889. The molecule has 0 saturated heterocycles. The average molecular weight is 153 g/mol. The maximum Gasteiger partial charge on any atom is 0.235 e. The standard InChI is InChI=1S/C9H15NO/c1-3-8(4-2)9(5-6-9)10-7-11/h8H,3-6H2,1-2H3. The minimum absolute atomic E-state index is 0.0191. The Bertz CT molecular complexity index is 174. The van der Waals surface area contributed by atoms with Gasteiger partial charge in [0.1, 0.15) is 0 Å². The van der Waals surface area contributed by atoms with E-state index in [1.165, 1.54) is 0 Å². The van der Waals surface area contributed by atoms with Gasteiger partial charge in [-0.05, 0) is 18.8 Å². The maximum absolute atomic E-state index is 10.1. The van der Waals surface area contributed by atoms with Crippen LogP contribution in [-0.4, -0.2) is 11.6 Å². The first-order chi connectivity index (χ1) is 5.29. The third-order valence-corrected chi connectivity index (χ3v) is 2.78. The molecule has 0 bridgehead atoms. The van der Waals surface area contributed by atoms with Crippen LogP contribution in [-0.2, 0) is 4.79 Å². The van der Waals surface area contributed by atoms with Gasteiger partial charge in [-0.25, -0.2) is 4.79 Å². The third kappa shape index (κ3) is 1.51. The van der Waals surface area contributed by atoms with Crippen molar-refractivity contribution in [1.29, 1.82) is 0 Å². The van der Waals surface area contributed by atoms with E-state index in [9.17, 15) is 4.79 Å². The maximum atomic E-state index is 10.1.